The van der Waals surface area contributed by atoms with E-state index in [1.165, 1.54) is 0 Å². The van der Waals surface area contributed by atoms with Crippen molar-refractivity contribution in [3.63, 3.8) is 0 Å². The molecule has 0 aliphatic heterocycles. The zero-order chi connectivity index (χ0) is 11.5. The quantitative estimate of drug-likeness (QED) is 0.582. The monoisotopic (exact) mass is 214 g/mol. The minimum atomic E-state index is -0.453. The van der Waals surface area contributed by atoms with Crippen LogP contribution in [0, 0.1) is 11.3 Å². The van der Waals surface area contributed by atoms with Gasteiger partial charge in [-0.1, -0.05) is 13.3 Å². The summed E-state index contributed by atoms with van der Waals surface area (Å²) in [5.41, 5.74) is 0. The molecule has 15 heavy (non-hydrogen) atoms. The van der Waals surface area contributed by atoms with Gasteiger partial charge < -0.3 is 14.7 Å². The lowest BCUT2D eigenvalue weighted by Gasteiger charge is -2.19. The van der Waals surface area contributed by atoms with E-state index in [1.807, 2.05) is 11.9 Å². The molecule has 0 amide bonds. The van der Waals surface area contributed by atoms with Crippen LogP contribution in [-0.2, 0) is 4.74 Å². The summed E-state index contributed by atoms with van der Waals surface area (Å²) >= 11 is 0. The Balaban J connectivity index is 3.38. The molecule has 4 heteroatoms. The molecule has 0 aliphatic carbocycles. The summed E-state index contributed by atoms with van der Waals surface area (Å²) in [6.07, 6.45) is 2.19. The van der Waals surface area contributed by atoms with Crippen LogP contribution in [0.4, 0.5) is 0 Å². The highest BCUT2D eigenvalue weighted by molar-refractivity contribution is 4.72. The number of likely N-dealkylation sites (N-methyl/N-ethyl adjacent to an activating group) is 1. The zero-order valence-corrected chi connectivity index (χ0v) is 9.78. The minimum absolute atomic E-state index is 0.386. The molecule has 0 aromatic rings. The molecule has 0 saturated heterocycles. The predicted octanol–water partition coefficient (Wildman–Crippen LogP) is 1.01. The van der Waals surface area contributed by atoms with Crippen LogP contribution in [0.3, 0.4) is 0 Å². The second kappa shape index (κ2) is 9.91. The lowest BCUT2D eigenvalue weighted by molar-refractivity contribution is 0.0202. The van der Waals surface area contributed by atoms with Crippen molar-refractivity contribution in [1.82, 2.24) is 4.90 Å². The first-order chi connectivity index (χ1) is 7.20. The number of unbranched alkanes of at least 4 members (excludes halogenated alkanes) is 1. The van der Waals surface area contributed by atoms with E-state index >= 15 is 0 Å². The van der Waals surface area contributed by atoms with Gasteiger partial charge in [-0.05, 0) is 13.5 Å². The van der Waals surface area contributed by atoms with Gasteiger partial charge in [0.1, 0.15) is 0 Å². The lowest BCUT2D eigenvalue weighted by atomic mass is 10.3. The lowest BCUT2D eigenvalue weighted by Crippen LogP contribution is -2.32. The summed E-state index contributed by atoms with van der Waals surface area (Å²) in [5.74, 6) is 0. The van der Waals surface area contributed by atoms with Gasteiger partial charge in [0.25, 0.3) is 0 Å². The van der Waals surface area contributed by atoms with Crippen LogP contribution in [0.1, 0.15) is 26.2 Å². The molecule has 0 saturated carbocycles. The van der Waals surface area contributed by atoms with E-state index in [0.717, 1.165) is 19.4 Å². The number of ether oxygens (including phenoxy) is 1. The highest BCUT2D eigenvalue weighted by Crippen LogP contribution is 1.94. The van der Waals surface area contributed by atoms with Gasteiger partial charge >= 0.3 is 0 Å². The van der Waals surface area contributed by atoms with Crippen LogP contribution < -0.4 is 0 Å². The van der Waals surface area contributed by atoms with E-state index < -0.39 is 6.10 Å². The largest absolute Gasteiger partial charge is 0.389 e. The number of nitriles is 1. The summed E-state index contributed by atoms with van der Waals surface area (Å²) in [7, 11) is 1.90. The van der Waals surface area contributed by atoms with E-state index in [0.29, 0.717) is 26.1 Å². The molecule has 0 fully saturated rings. The second-order valence-electron chi connectivity index (χ2n) is 3.75. The summed E-state index contributed by atoms with van der Waals surface area (Å²) < 4.78 is 5.30. The Kier molecular flexibility index (Phi) is 9.49. The van der Waals surface area contributed by atoms with E-state index in [9.17, 15) is 5.11 Å². The summed E-state index contributed by atoms with van der Waals surface area (Å²) in [6.45, 7) is 4.47. The van der Waals surface area contributed by atoms with Gasteiger partial charge in [-0.15, -0.1) is 0 Å². The fourth-order valence-electron chi connectivity index (χ4n) is 1.21. The third-order valence-electron chi connectivity index (χ3n) is 2.08. The summed E-state index contributed by atoms with van der Waals surface area (Å²) in [6, 6.07) is 2.08. The standard InChI is InChI=1S/C11H22N2O2/c1-3-4-8-15-10-11(14)9-13(2)7-5-6-12/h11,14H,3-5,7-10H2,1-2H3. The summed E-state index contributed by atoms with van der Waals surface area (Å²) in [4.78, 5) is 1.94. The molecule has 0 aliphatic rings. The van der Waals surface area contributed by atoms with Gasteiger partial charge in [0.2, 0.25) is 0 Å². The van der Waals surface area contributed by atoms with Crippen molar-refractivity contribution in [2.45, 2.75) is 32.3 Å². The highest BCUT2D eigenvalue weighted by atomic mass is 16.5. The smallest absolute Gasteiger partial charge is 0.0900 e. The molecule has 88 valence electrons. The Labute approximate surface area is 92.4 Å². The van der Waals surface area contributed by atoms with E-state index in [2.05, 4.69) is 13.0 Å². The highest BCUT2D eigenvalue weighted by Gasteiger charge is 2.07. The maximum absolute atomic E-state index is 9.57. The average molecular weight is 214 g/mol. The van der Waals surface area contributed by atoms with E-state index in [4.69, 9.17) is 10.00 Å². The van der Waals surface area contributed by atoms with Crippen molar-refractivity contribution < 1.29 is 9.84 Å². The number of nitrogens with zero attached hydrogens (tertiary/aromatic N) is 2. The van der Waals surface area contributed by atoms with Gasteiger partial charge in [-0.2, -0.15) is 5.26 Å². The molecule has 1 N–H and O–H groups in total. The molecule has 1 unspecified atom stereocenters. The Bertz CT molecular complexity index is 180. The van der Waals surface area contributed by atoms with E-state index in [1.54, 1.807) is 0 Å². The van der Waals surface area contributed by atoms with Crippen molar-refractivity contribution in [3.8, 4) is 6.07 Å². The van der Waals surface area contributed by atoms with Gasteiger partial charge in [0.05, 0.1) is 18.8 Å². The van der Waals surface area contributed by atoms with Gasteiger partial charge in [0.15, 0.2) is 0 Å². The van der Waals surface area contributed by atoms with Gasteiger partial charge in [0, 0.05) is 26.1 Å². The third kappa shape index (κ3) is 9.67. The van der Waals surface area contributed by atoms with Crippen LogP contribution in [0.15, 0.2) is 0 Å². The molecule has 0 radical (unpaired) electrons. The number of rotatable bonds is 9. The molecule has 0 spiro atoms. The first-order valence-electron chi connectivity index (χ1n) is 5.52. The Morgan fingerprint density at radius 2 is 2.27 bits per heavy atom. The minimum Gasteiger partial charge on any atom is -0.389 e. The molecule has 0 aromatic heterocycles. The number of hydrogen-bond donors (Lipinski definition) is 1. The maximum Gasteiger partial charge on any atom is 0.0900 e. The van der Waals surface area contributed by atoms with Crippen molar-refractivity contribution in [2.75, 3.05) is 33.4 Å². The fourth-order valence-corrected chi connectivity index (χ4v) is 1.21. The Morgan fingerprint density at radius 3 is 2.87 bits per heavy atom. The average Bonchev–Trinajstić information content (AvgIpc) is 2.21. The van der Waals surface area contributed by atoms with Crippen LogP contribution in [0.5, 0.6) is 0 Å². The fraction of sp³-hybridized carbons (Fsp3) is 0.909. The van der Waals surface area contributed by atoms with Crippen LogP contribution in [0.2, 0.25) is 0 Å². The normalized spacial score (nSPS) is 12.7. The molecular weight excluding hydrogens is 192 g/mol. The number of aliphatic hydroxyl groups excluding tert-OH is 1. The molecular formula is C11H22N2O2. The molecule has 0 bridgehead atoms. The maximum atomic E-state index is 9.57. The molecule has 4 nitrogen and oxygen atoms in total. The summed E-state index contributed by atoms with van der Waals surface area (Å²) in [5, 5.41) is 18.0. The zero-order valence-electron chi connectivity index (χ0n) is 9.78. The first kappa shape index (κ1) is 14.4. The van der Waals surface area contributed by atoms with Gasteiger partial charge in [-0.25, -0.2) is 0 Å². The number of aliphatic hydroxyl groups is 1. The third-order valence-corrected chi connectivity index (χ3v) is 2.08. The van der Waals surface area contributed by atoms with Crippen molar-refractivity contribution in [1.29, 1.82) is 5.26 Å². The number of hydrogen-bond acceptors (Lipinski definition) is 4. The van der Waals surface area contributed by atoms with Gasteiger partial charge in [-0.3, -0.25) is 0 Å². The van der Waals surface area contributed by atoms with Crippen molar-refractivity contribution >= 4 is 0 Å². The van der Waals surface area contributed by atoms with Crippen LogP contribution in [-0.4, -0.2) is 49.5 Å². The Hall–Kier alpha value is -0.630. The van der Waals surface area contributed by atoms with E-state index in [-0.39, 0.29) is 0 Å². The SMILES string of the molecule is CCCCOCC(O)CN(C)CCC#N. The second-order valence-corrected chi connectivity index (χ2v) is 3.75. The van der Waals surface area contributed by atoms with Crippen molar-refractivity contribution in [3.05, 3.63) is 0 Å². The molecule has 0 heterocycles. The topological polar surface area (TPSA) is 56.5 Å². The first-order valence-corrected chi connectivity index (χ1v) is 5.52. The van der Waals surface area contributed by atoms with Crippen LogP contribution >= 0.6 is 0 Å². The van der Waals surface area contributed by atoms with Crippen molar-refractivity contribution in [2.24, 2.45) is 0 Å². The Morgan fingerprint density at radius 1 is 1.53 bits per heavy atom. The van der Waals surface area contributed by atoms with Crippen LogP contribution in [0.25, 0.3) is 0 Å². The molecule has 0 aromatic carbocycles. The molecule has 0 rings (SSSR count). The predicted molar refractivity (Wildman–Crippen MR) is 59.5 cm³/mol. The molecule has 1 atom stereocenters.